The van der Waals surface area contributed by atoms with Crippen LogP contribution >= 0.6 is 11.6 Å². The molecule has 0 radical (unpaired) electrons. The van der Waals surface area contributed by atoms with Crippen molar-refractivity contribution in [1.82, 2.24) is 0 Å². The van der Waals surface area contributed by atoms with Crippen molar-refractivity contribution in [3.05, 3.63) is 12.7 Å². The van der Waals surface area contributed by atoms with Crippen LogP contribution < -0.4 is 0 Å². The van der Waals surface area contributed by atoms with Gasteiger partial charge in [-0.1, -0.05) is 12.0 Å². The molecule has 54 valence electrons. The summed E-state index contributed by atoms with van der Waals surface area (Å²) in [6.45, 7) is 3.62. The zero-order valence-electron chi connectivity index (χ0n) is 8.20. The first-order valence-corrected chi connectivity index (χ1v) is 3.49. The van der Waals surface area contributed by atoms with Crippen molar-refractivity contribution < 1.29 is 2.85 Å². The first-order chi connectivity index (χ1) is 4.41. The molecular formula is C8H13ClMg. The Balaban J connectivity index is -0.000000107. The van der Waals surface area contributed by atoms with Gasteiger partial charge in [-0.15, -0.1) is 6.58 Å². The number of hydrogen-bond acceptors (Lipinski definition) is 0. The second-order valence-electron chi connectivity index (χ2n) is 1.81. The molecule has 0 heterocycles. The van der Waals surface area contributed by atoms with Crippen molar-refractivity contribution in [2.45, 2.75) is 25.7 Å². The second kappa shape index (κ2) is 12.1. The summed E-state index contributed by atoms with van der Waals surface area (Å²) >= 11 is 5.13. The van der Waals surface area contributed by atoms with Crippen molar-refractivity contribution in [2.24, 2.45) is 0 Å². The monoisotopic (exact) mass is 168 g/mol. The van der Waals surface area contributed by atoms with E-state index < -0.39 is 0 Å². The summed E-state index contributed by atoms with van der Waals surface area (Å²) in [7, 11) is 0. The van der Waals surface area contributed by atoms with Crippen LogP contribution in [0.15, 0.2) is 12.7 Å². The van der Waals surface area contributed by atoms with Crippen molar-refractivity contribution >= 4 is 34.7 Å². The molecule has 0 aromatic rings. The van der Waals surface area contributed by atoms with Crippen LogP contribution in [0.5, 0.6) is 0 Å². The van der Waals surface area contributed by atoms with E-state index in [-0.39, 0.29) is 25.9 Å². The van der Waals surface area contributed by atoms with Gasteiger partial charge in [0.05, 0.1) is 0 Å². The number of halogens is 1. The molecular weight excluding hydrogens is 156 g/mol. The normalized spacial score (nSPS) is 6.90. The van der Waals surface area contributed by atoms with E-state index in [9.17, 15) is 0 Å². The molecule has 0 aliphatic carbocycles. The van der Waals surface area contributed by atoms with E-state index in [2.05, 4.69) is 17.9 Å². The Hall–Kier alpha value is 0.356. The quantitative estimate of drug-likeness (QED) is 0.262. The molecule has 0 saturated carbocycles. The second-order valence-corrected chi connectivity index (χ2v) is 1.99. The van der Waals surface area contributed by atoms with E-state index in [1.807, 2.05) is 6.08 Å². The van der Waals surface area contributed by atoms with Crippen LogP contribution in [0.1, 0.15) is 28.5 Å². The minimum absolute atomic E-state index is 0. The van der Waals surface area contributed by atoms with Crippen LogP contribution in [-0.4, -0.2) is 23.1 Å². The molecule has 0 aliphatic rings. The van der Waals surface area contributed by atoms with Gasteiger partial charge in [0.15, 0.2) is 0 Å². The van der Waals surface area contributed by atoms with Crippen LogP contribution in [0.3, 0.4) is 0 Å². The van der Waals surface area contributed by atoms with Crippen molar-refractivity contribution in [3.63, 3.8) is 0 Å². The smallest absolute Gasteiger partial charge is 1.00 e. The van der Waals surface area contributed by atoms with Gasteiger partial charge in [0, 0.05) is 11.8 Å². The van der Waals surface area contributed by atoms with Crippen LogP contribution in [0.2, 0.25) is 0 Å². The largest absolute Gasteiger partial charge is 2.00 e. The van der Waals surface area contributed by atoms with Crippen LogP contribution in [0, 0.1) is 11.3 Å². The molecule has 0 aromatic heterocycles. The fourth-order valence-corrected chi connectivity index (χ4v) is 0.644. The molecule has 0 unspecified atom stereocenters. The van der Waals surface area contributed by atoms with Gasteiger partial charge >= 0.3 is 23.1 Å². The van der Waals surface area contributed by atoms with Gasteiger partial charge in [-0.05, 0) is 30.9 Å². The van der Waals surface area contributed by atoms with Crippen LogP contribution in [0.4, 0.5) is 0 Å². The first kappa shape index (κ1) is 13.0. The Bertz CT molecular complexity index is 129. The summed E-state index contributed by atoms with van der Waals surface area (Å²) in [5.74, 6) is 2.79. The molecule has 0 atom stereocenters. The molecule has 0 aliphatic heterocycles. The fraction of sp³-hybridized carbons (Fsp3) is 0.500. The number of unbranched alkanes of at least 4 members (excludes halogenated alkanes) is 3. The maximum Gasteiger partial charge on any atom is 2.00 e. The molecule has 0 fully saturated rings. The molecule has 0 rings (SSSR count). The average Bonchev–Trinajstić information content (AvgIpc) is 1.89. The van der Waals surface area contributed by atoms with Gasteiger partial charge in [0.2, 0.25) is 0 Å². The van der Waals surface area contributed by atoms with Gasteiger partial charge in [-0.25, -0.2) is 0 Å². The molecule has 0 spiro atoms. The van der Waals surface area contributed by atoms with E-state index >= 15 is 0 Å². The SMILES string of the molecule is C=CCCCCC#CCl.[H-].[H-].[Mg+2]. The predicted octanol–water partition coefficient (Wildman–Crippen LogP) is 2.78. The zero-order chi connectivity index (χ0) is 6.95. The van der Waals surface area contributed by atoms with Crippen molar-refractivity contribution in [1.29, 1.82) is 0 Å². The molecule has 2 heteroatoms. The molecule has 0 aromatic carbocycles. The molecule has 10 heavy (non-hydrogen) atoms. The summed E-state index contributed by atoms with van der Waals surface area (Å²) in [6.07, 6.45) is 6.23. The Morgan fingerprint density at radius 3 is 2.70 bits per heavy atom. The van der Waals surface area contributed by atoms with Crippen LogP contribution in [0.25, 0.3) is 0 Å². The minimum Gasteiger partial charge on any atom is -1.00 e. The molecule has 0 nitrogen and oxygen atoms in total. The molecule has 0 amide bonds. The molecule has 0 bridgehead atoms. The van der Waals surface area contributed by atoms with E-state index in [0.717, 1.165) is 19.3 Å². The minimum atomic E-state index is 0. The Labute approximate surface area is 87.1 Å². The van der Waals surface area contributed by atoms with Crippen molar-refractivity contribution in [2.75, 3.05) is 0 Å². The summed E-state index contributed by atoms with van der Waals surface area (Å²) in [5.41, 5.74) is 0. The number of hydrogen-bond donors (Lipinski definition) is 0. The maximum absolute atomic E-state index is 5.13. The summed E-state index contributed by atoms with van der Waals surface area (Å²) in [5, 5.41) is 2.34. The standard InChI is InChI=1S/C8H11Cl.Mg.2H/c1-2-3-4-5-6-7-8-9;;;/h2H,1,3-6H2;;;/q;+2;2*-1. The van der Waals surface area contributed by atoms with Gasteiger partial charge in [-0.3, -0.25) is 0 Å². The van der Waals surface area contributed by atoms with E-state index in [1.165, 1.54) is 6.42 Å². The molecule has 0 saturated heterocycles. The fourth-order valence-electron chi connectivity index (χ4n) is 0.549. The molecule has 0 N–H and O–H groups in total. The van der Waals surface area contributed by atoms with Gasteiger partial charge < -0.3 is 2.85 Å². The van der Waals surface area contributed by atoms with E-state index in [0.29, 0.717) is 0 Å². The van der Waals surface area contributed by atoms with Gasteiger partial charge in [-0.2, -0.15) is 0 Å². The maximum atomic E-state index is 5.13. The van der Waals surface area contributed by atoms with Crippen LogP contribution in [-0.2, 0) is 0 Å². The zero-order valence-corrected chi connectivity index (χ0v) is 8.37. The third kappa shape index (κ3) is 11.2. The summed E-state index contributed by atoms with van der Waals surface area (Å²) in [4.78, 5) is 0. The van der Waals surface area contributed by atoms with E-state index in [4.69, 9.17) is 11.6 Å². The average molecular weight is 169 g/mol. The first-order valence-electron chi connectivity index (χ1n) is 3.11. The number of allylic oxidation sites excluding steroid dienone is 1. The Morgan fingerprint density at radius 1 is 1.50 bits per heavy atom. The van der Waals surface area contributed by atoms with Gasteiger partial charge in [0.25, 0.3) is 0 Å². The summed E-state index contributed by atoms with van der Waals surface area (Å²) < 4.78 is 0. The van der Waals surface area contributed by atoms with Crippen molar-refractivity contribution in [3.8, 4) is 11.3 Å². The topological polar surface area (TPSA) is 0 Å². The Morgan fingerprint density at radius 2 is 2.20 bits per heavy atom. The third-order valence-electron chi connectivity index (χ3n) is 1.03. The predicted molar refractivity (Wildman–Crippen MR) is 50.3 cm³/mol. The van der Waals surface area contributed by atoms with Gasteiger partial charge in [0.1, 0.15) is 0 Å². The third-order valence-corrected chi connectivity index (χ3v) is 1.16. The van der Waals surface area contributed by atoms with E-state index in [1.54, 1.807) is 0 Å². The number of rotatable bonds is 4. The summed E-state index contributed by atoms with van der Waals surface area (Å²) in [6, 6.07) is 0. The Kier molecular flexibility index (Phi) is 15.7.